The molecule has 1 fully saturated rings. The molecule has 10 nitrogen and oxygen atoms in total. The van der Waals surface area contributed by atoms with Gasteiger partial charge >= 0.3 is 5.97 Å². The largest absolute Gasteiger partial charge is 0.488 e. The van der Waals surface area contributed by atoms with Crippen LogP contribution in [0.1, 0.15) is 56.6 Å². The molecule has 4 rings (SSSR count). The second kappa shape index (κ2) is 14.3. The number of nitrogens with zero attached hydrogens (tertiary/aromatic N) is 1. The topological polar surface area (TPSA) is 146 Å². The molecule has 6 N–H and O–H groups in total. The van der Waals surface area contributed by atoms with Crippen LogP contribution >= 0.6 is 0 Å². The fourth-order valence-corrected chi connectivity index (χ4v) is 5.25. The number of hydrogen-bond donors (Lipinski definition) is 5. The number of ether oxygens (including phenoxy) is 1. The number of anilines is 1. The first-order chi connectivity index (χ1) is 21.0. The third-order valence-corrected chi connectivity index (χ3v) is 8.21. The number of carbonyl (C=O) groups excluding carboxylic acids is 2. The van der Waals surface area contributed by atoms with Crippen LogP contribution in [0.25, 0.3) is 5.57 Å². The average molecular weight is 602 g/mol. The van der Waals surface area contributed by atoms with Crippen molar-refractivity contribution in [1.82, 2.24) is 15.5 Å². The van der Waals surface area contributed by atoms with Crippen molar-refractivity contribution in [3.63, 3.8) is 0 Å². The lowest BCUT2D eigenvalue weighted by Crippen LogP contribution is -2.55. The molecule has 0 saturated heterocycles. The van der Waals surface area contributed by atoms with Gasteiger partial charge in [0.2, 0.25) is 11.8 Å². The normalized spacial score (nSPS) is 16.4. The fourth-order valence-electron chi connectivity index (χ4n) is 5.25. The van der Waals surface area contributed by atoms with Gasteiger partial charge in [-0.15, -0.1) is 0 Å². The Labute approximate surface area is 259 Å². The molecule has 1 saturated carbocycles. The Morgan fingerprint density at radius 3 is 2.45 bits per heavy atom. The van der Waals surface area contributed by atoms with Crippen molar-refractivity contribution in [1.29, 1.82) is 0 Å². The molecule has 0 unspecified atom stereocenters. The summed E-state index contributed by atoms with van der Waals surface area (Å²) in [6.07, 6.45) is 5.19. The van der Waals surface area contributed by atoms with E-state index in [0.29, 0.717) is 48.8 Å². The van der Waals surface area contributed by atoms with E-state index in [9.17, 15) is 19.5 Å². The number of carboxylic acid groups (broad SMARTS) is 1. The molecule has 1 atom stereocenters. The van der Waals surface area contributed by atoms with Gasteiger partial charge in [0.25, 0.3) is 0 Å². The molecule has 234 valence electrons. The van der Waals surface area contributed by atoms with E-state index in [1.54, 1.807) is 12.1 Å². The van der Waals surface area contributed by atoms with Gasteiger partial charge in [0.1, 0.15) is 29.6 Å². The first-order valence-electron chi connectivity index (χ1n) is 15.0. The van der Waals surface area contributed by atoms with Crippen molar-refractivity contribution >= 4 is 29.0 Å². The van der Waals surface area contributed by atoms with Gasteiger partial charge in [-0.3, -0.25) is 14.4 Å². The van der Waals surface area contributed by atoms with Crippen molar-refractivity contribution in [3.8, 4) is 5.75 Å². The number of hydrogen-bond acceptors (Lipinski definition) is 7. The Morgan fingerprint density at radius 1 is 1.11 bits per heavy atom. The molecule has 2 amide bonds. The highest BCUT2D eigenvalue weighted by Crippen LogP contribution is 2.41. The minimum absolute atomic E-state index is 0.283. The van der Waals surface area contributed by atoms with E-state index in [0.717, 1.165) is 35.2 Å². The number of dihydropyridines is 1. The first kappa shape index (κ1) is 32.3. The molecule has 0 spiro atoms. The number of benzene rings is 2. The van der Waals surface area contributed by atoms with Crippen LogP contribution in [0.15, 0.2) is 78.3 Å². The maximum absolute atomic E-state index is 13.3. The zero-order valence-electron chi connectivity index (χ0n) is 25.7. The number of nitrogens with two attached hydrogens (primary N) is 1. The van der Waals surface area contributed by atoms with Crippen molar-refractivity contribution < 1.29 is 24.2 Å². The van der Waals surface area contributed by atoms with E-state index >= 15 is 0 Å². The van der Waals surface area contributed by atoms with Crippen molar-refractivity contribution in [3.05, 3.63) is 89.4 Å². The standard InChI is InChI=1S/C34H43N5O5/c1-22-20-27(23(2)36-30(22)35)26-10-5-6-12-29(26)44-21-24-13-15-25(16-14-24)37-31(40)28(11-7-8-19-39(3)4)38-32(41)34(33(42)43)17-9-18-34/h5-6,10,12-16,20,28,36H,2,7-9,11,17-19,21,35H2,1,3-4H3,(H,37,40)(H,38,41)(H,42,43)/t28-/m0/s1. The van der Waals surface area contributed by atoms with Crippen LogP contribution in [0.4, 0.5) is 5.69 Å². The highest BCUT2D eigenvalue weighted by Gasteiger charge is 2.51. The molecular formula is C34H43N5O5. The second-order valence-corrected chi connectivity index (χ2v) is 11.8. The van der Waals surface area contributed by atoms with Gasteiger partial charge in [0.05, 0.1) is 0 Å². The lowest BCUT2D eigenvalue weighted by Gasteiger charge is -2.37. The summed E-state index contributed by atoms with van der Waals surface area (Å²) in [6.45, 7) is 7.18. The summed E-state index contributed by atoms with van der Waals surface area (Å²) in [4.78, 5) is 40.2. The lowest BCUT2D eigenvalue weighted by atomic mass is 9.68. The highest BCUT2D eigenvalue weighted by atomic mass is 16.5. The smallest absolute Gasteiger partial charge is 0.319 e. The van der Waals surface area contributed by atoms with E-state index in [4.69, 9.17) is 10.5 Å². The summed E-state index contributed by atoms with van der Waals surface area (Å²) < 4.78 is 6.19. The highest BCUT2D eigenvalue weighted by molar-refractivity contribution is 6.05. The molecular weight excluding hydrogens is 558 g/mol. The molecule has 1 heterocycles. The van der Waals surface area contributed by atoms with Crippen LogP contribution in [-0.2, 0) is 21.0 Å². The Morgan fingerprint density at radius 2 is 1.82 bits per heavy atom. The Kier molecular flexibility index (Phi) is 10.5. The molecule has 0 radical (unpaired) electrons. The van der Waals surface area contributed by atoms with Crippen LogP contribution in [-0.4, -0.2) is 54.5 Å². The number of carboxylic acids is 1. The van der Waals surface area contributed by atoms with E-state index in [1.165, 1.54) is 0 Å². The quantitative estimate of drug-likeness (QED) is 0.159. The number of rotatable bonds is 14. The molecule has 0 aromatic heterocycles. The van der Waals surface area contributed by atoms with Gasteiger partial charge in [0.15, 0.2) is 0 Å². The Balaban J connectivity index is 1.40. The predicted molar refractivity (Wildman–Crippen MR) is 171 cm³/mol. The molecule has 44 heavy (non-hydrogen) atoms. The second-order valence-electron chi connectivity index (χ2n) is 11.8. The molecule has 2 aromatic carbocycles. The zero-order chi connectivity index (χ0) is 31.9. The Bertz CT molecular complexity index is 1460. The van der Waals surface area contributed by atoms with Crippen molar-refractivity contribution in [2.45, 2.75) is 58.1 Å². The first-order valence-corrected chi connectivity index (χ1v) is 15.0. The number of amides is 2. The van der Waals surface area contributed by atoms with Crippen LogP contribution in [0.2, 0.25) is 0 Å². The van der Waals surface area contributed by atoms with E-state index < -0.39 is 23.3 Å². The Hall–Kier alpha value is -4.57. The molecule has 1 aliphatic heterocycles. The lowest BCUT2D eigenvalue weighted by molar-refractivity contribution is -0.162. The summed E-state index contributed by atoms with van der Waals surface area (Å²) in [5.74, 6) is -0.826. The summed E-state index contributed by atoms with van der Waals surface area (Å²) in [5, 5.41) is 18.4. The van der Waals surface area contributed by atoms with Gasteiger partial charge in [-0.25, -0.2) is 0 Å². The minimum atomic E-state index is -1.44. The number of nitrogens with one attached hydrogen (secondary N) is 3. The summed E-state index contributed by atoms with van der Waals surface area (Å²) in [7, 11) is 3.95. The monoisotopic (exact) mass is 601 g/mol. The van der Waals surface area contributed by atoms with E-state index in [2.05, 4.69) is 27.4 Å². The van der Waals surface area contributed by atoms with Gasteiger partial charge in [0, 0.05) is 22.5 Å². The average Bonchev–Trinajstić information content (AvgIpc) is 2.95. The third kappa shape index (κ3) is 7.68. The van der Waals surface area contributed by atoms with Gasteiger partial charge < -0.3 is 36.4 Å². The van der Waals surface area contributed by atoms with Crippen molar-refractivity contribution in [2.24, 2.45) is 11.1 Å². The maximum Gasteiger partial charge on any atom is 0.319 e. The predicted octanol–water partition coefficient (Wildman–Crippen LogP) is 4.37. The fraction of sp³-hybridized carbons (Fsp3) is 0.382. The van der Waals surface area contributed by atoms with Crippen LogP contribution in [0.5, 0.6) is 5.75 Å². The SMILES string of the molecule is C=C1NC(N)=C(C)C=C1c1ccccc1OCc1ccc(NC(=O)[C@H](CCCCN(C)C)NC(=O)C2(C(=O)O)CCC2)cc1. The summed E-state index contributed by atoms with van der Waals surface area (Å²) in [6, 6.07) is 14.2. The number of allylic oxidation sites excluding steroid dienone is 3. The number of aliphatic carboxylic acids is 1. The minimum Gasteiger partial charge on any atom is -0.488 e. The molecule has 0 bridgehead atoms. The number of para-hydroxylation sites is 1. The van der Waals surface area contributed by atoms with Crippen LogP contribution < -0.4 is 26.4 Å². The third-order valence-electron chi connectivity index (χ3n) is 8.21. The zero-order valence-corrected chi connectivity index (χ0v) is 25.7. The number of unbranched alkanes of at least 4 members (excludes halogenated alkanes) is 1. The van der Waals surface area contributed by atoms with Crippen LogP contribution in [0.3, 0.4) is 0 Å². The molecule has 10 heteroatoms. The van der Waals surface area contributed by atoms with Gasteiger partial charge in [-0.05, 0) is 95.1 Å². The number of carbonyl (C=O) groups is 3. The summed E-state index contributed by atoms with van der Waals surface area (Å²) in [5.41, 5.74) is 9.43. The molecule has 2 aromatic rings. The van der Waals surface area contributed by atoms with E-state index in [1.807, 2.05) is 63.5 Å². The van der Waals surface area contributed by atoms with Crippen LogP contribution in [0, 0.1) is 5.41 Å². The van der Waals surface area contributed by atoms with Crippen molar-refractivity contribution in [2.75, 3.05) is 26.0 Å². The van der Waals surface area contributed by atoms with Gasteiger partial charge in [-0.2, -0.15) is 0 Å². The van der Waals surface area contributed by atoms with E-state index in [-0.39, 0.29) is 18.7 Å². The summed E-state index contributed by atoms with van der Waals surface area (Å²) >= 11 is 0. The molecule has 1 aliphatic carbocycles. The maximum atomic E-state index is 13.3. The molecule has 2 aliphatic rings. The van der Waals surface area contributed by atoms with Gasteiger partial charge in [-0.1, -0.05) is 43.3 Å².